The summed E-state index contributed by atoms with van der Waals surface area (Å²) in [6.45, 7) is 0. The summed E-state index contributed by atoms with van der Waals surface area (Å²) >= 11 is 0. The van der Waals surface area contributed by atoms with Gasteiger partial charge in [0.2, 0.25) is 0 Å². The summed E-state index contributed by atoms with van der Waals surface area (Å²) in [6.07, 6.45) is -3.09. The molecule has 0 saturated heterocycles. The summed E-state index contributed by atoms with van der Waals surface area (Å²) in [5, 5.41) is 78.4. The van der Waals surface area contributed by atoms with Gasteiger partial charge < -0.3 is 40.9 Å². The van der Waals surface area contributed by atoms with Crippen molar-refractivity contribution in [3.05, 3.63) is 81.4 Å². The van der Waals surface area contributed by atoms with Gasteiger partial charge in [-0.15, -0.1) is 0 Å². The van der Waals surface area contributed by atoms with Gasteiger partial charge in [-0.05, 0) is 40.5 Å². The van der Waals surface area contributed by atoms with Crippen LogP contribution in [0.2, 0.25) is 0 Å². The maximum absolute atomic E-state index is 12.5. The van der Waals surface area contributed by atoms with E-state index in [4.69, 9.17) is 0 Å². The van der Waals surface area contributed by atoms with Gasteiger partial charge in [-0.3, -0.25) is 0 Å². The molecule has 0 heterocycles. The largest absolute Gasteiger partial charge is 0.478 e. The van der Waals surface area contributed by atoms with Gasteiger partial charge in [0.05, 0.1) is 33.4 Å². The summed E-state index contributed by atoms with van der Waals surface area (Å²) in [5.41, 5.74) is -8.63. The third kappa shape index (κ3) is 5.20. The maximum Gasteiger partial charge on any atom is 0.337 e. The van der Waals surface area contributed by atoms with E-state index >= 15 is 0 Å². The molecule has 0 saturated carbocycles. The monoisotopic (exact) mass is 554 g/mol. The van der Waals surface area contributed by atoms with Crippen LogP contribution >= 0.6 is 0 Å². The SMILES string of the molecule is O=C(O)c1cccc(-c2c(CC(O)O)cc(C(=O)O)c(C(=O)O)c2-c2cccc(C(=O)O)c2C(=O)O)c1C(=O)O. The Hall–Kier alpha value is -5.60. The molecule has 40 heavy (non-hydrogen) atoms. The van der Waals surface area contributed by atoms with Crippen molar-refractivity contribution in [3.8, 4) is 22.3 Å². The first kappa shape index (κ1) is 29.0. The molecule has 14 nitrogen and oxygen atoms in total. The lowest BCUT2D eigenvalue weighted by Gasteiger charge is -2.23. The number of benzene rings is 3. The number of hydrogen-bond donors (Lipinski definition) is 8. The van der Waals surface area contributed by atoms with E-state index < -0.39 is 110 Å². The van der Waals surface area contributed by atoms with Crippen LogP contribution in [0.25, 0.3) is 22.3 Å². The Bertz CT molecular complexity index is 1620. The number of rotatable bonds is 10. The van der Waals surface area contributed by atoms with Gasteiger partial charge in [-0.25, -0.2) is 28.8 Å². The number of hydrogen-bond acceptors (Lipinski definition) is 8. The summed E-state index contributed by atoms with van der Waals surface area (Å²) in [5.74, 6) is -11.0. The Morgan fingerprint density at radius 2 is 0.925 bits per heavy atom. The predicted molar refractivity (Wildman–Crippen MR) is 131 cm³/mol. The van der Waals surface area contributed by atoms with Crippen LogP contribution in [0, 0.1) is 0 Å². The molecule has 3 aromatic carbocycles. The highest BCUT2D eigenvalue weighted by molar-refractivity contribution is 6.16. The zero-order valence-electron chi connectivity index (χ0n) is 19.9. The molecular weight excluding hydrogens is 536 g/mol. The van der Waals surface area contributed by atoms with Crippen molar-refractivity contribution in [2.75, 3.05) is 0 Å². The fourth-order valence-electron chi connectivity index (χ4n) is 4.40. The van der Waals surface area contributed by atoms with Crippen LogP contribution in [0.3, 0.4) is 0 Å². The smallest absolute Gasteiger partial charge is 0.337 e. The number of aliphatic hydroxyl groups is 2. The Labute approximate surface area is 222 Å². The molecular formula is C26H18O14. The third-order valence-corrected chi connectivity index (χ3v) is 5.81. The first-order valence-corrected chi connectivity index (χ1v) is 10.9. The van der Waals surface area contributed by atoms with Crippen LogP contribution in [0.1, 0.15) is 67.7 Å². The van der Waals surface area contributed by atoms with Crippen LogP contribution in [0.5, 0.6) is 0 Å². The number of carboxylic acid groups (broad SMARTS) is 6. The van der Waals surface area contributed by atoms with Crippen LogP contribution < -0.4 is 0 Å². The Balaban J connectivity index is 2.82. The quantitative estimate of drug-likeness (QED) is 0.167. The lowest BCUT2D eigenvalue weighted by Crippen LogP contribution is -2.19. The van der Waals surface area contributed by atoms with Gasteiger partial charge in [-0.1, -0.05) is 24.3 Å². The van der Waals surface area contributed by atoms with Crippen LogP contribution in [0.4, 0.5) is 0 Å². The molecule has 0 aromatic heterocycles. The van der Waals surface area contributed by atoms with E-state index in [1.165, 1.54) is 0 Å². The van der Waals surface area contributed by atoms with Crippen molar-refractivity contribution in [1.29, 1.82) is 0 Å². The molecule has 3 rings (SSSR count). The molecule has 0 atom stereocenters. The summed E-state index contributed by atoms with van der Waals surface area (Å²) in [6, 6.07) is 6.56. The van der Waals surface area contributed by atoms with Crippen LogP contribution in [-0.4, -0.2) is 83.0 Å². The van der Waals surface area contributed by atoms with Gasteiger partial charge in [0, 0.05) is 12.0 Å². The average Bonchev–Trinajstić information content (AvgIpc) is 2.86. The van der Waals surface area contributed by atoms with Crippen molar-refractivity contribution in [2.24, 2.45) is 0 Å². The molecule has 0 bridgehead atoms. The highest BCUT2D eigenvalue weighted by atomic mass is 16.5. The van der Waals surface area contributed by atoms with E-state index in [0.717, 1.165) is 36.4 Å². The van der Waals surface area contributed by atoms with Crippen molar-refractivity contribution in [1.82, 2.24) is 0 Å². The highest BCUT2D eigenvalue weighted by Crippen LogP contribution is 2.44. The Kier molecular flexibility index (Phi) is 7.98. The van der Waals surface area contributed by atoms with E-state index in [0.29, 0.717) is 6.07 Å². The summed E-state index contributed by atoms with van der Waals surface area (Å²) < 4.78 is 0. The minimum absolute atomic E-state index is 0.422. The molecule has 0 radical (unpaired) electrons. The normalized spacial score (nSPS) is 10.8. The van der Waals surface area contributed by atoms with E-state index in [2.05, 4.69) is 0 Å². The van der Waals surface area contributed by atoms with Gasteiger partial charge in [-0.2, -0.15) is 0 Å². The van der Waals surface area contributed by atoms with Gasteiger partial charge >= 0.3 is 35.8 Å². The average molecular weight is 554 g/mol. The topological polar surface area (TPSA) is 264 Å². The first-order chi connectivity index (χ1) is 18.7. The van der Waals surface area contributed by atoms with Crippen molar-refractivity contribution in [2.45, 2.75) is 12.7 Å². The summed E-state index contributed by atoms with van der Waals surface area (Å²) in [7, 11) is 0. The van der Waals surface area contributed by atoms with E-state index in [-0.39, 0.29) is 0 Å². The minimum Gasteiger partial charge on any atom is -0.478 e. The highest BCUT2D eigenvalue weighted by Gasteiger charge is 2.34. The van der Waals surface area contributed by atoms with Crippen LogP contribution in [-0.2, 0) is 6.42 Å². The maximum atomic E-state index is 12.5. The fraction of sp³-hybridized carbons (Fsp3) is 0.0769. The van der Waals surface area contributed by atoms with E-state index in [1.54, 1.807) is 0 Å². The zero-order valence-corrected chi connectivity index (χ0v) is 19.9. The van der Waals surface area contributed by atoms with Crippen LogP contribution in [0.15, 0.2) is 42.5 Å². The molecule has 3 aromatic rings. The molecule has 0 unspecified atom stereocenters. The molecule has 0 spiro atoms. The molecule has 0 aliphatic carbocycles. The number of aliphatic hydroxyl groups excluding tert-OH is 1. The number of carboxylic acids is 6. The molecule has 0 fully saturated rings. The Morgan fingerprint density at radius 1 is 0.525 bits per heavy atom. The second kappa shape index (κ2) is 11.0. The molecule has 0 aliphatic rings. The molecule has 206 valence electrons. The van der Waals surface area contributed by atoms with Gasteiger partial charge in [0.15, 0.2) is 6.29 Å². The lowest BCUT2D eigenvalue weighted by molar-refractivity contribution is -0.0381. The first-order valence-electron chi connectivity index (χ1n) is 10.9. The van der Waals surface area contributed by atoms with Crippen molar-refractivity contribution < 1.29 is 69.6 Å². The second-order valence-corrected chi connectivity index (χ2v) is 8.18. The van der Waals surface area contributed by atoms with E-state index in [9.17, 15) is 69.6 Å². The standard InChI is InChI=1S/C26H18O14/c27-15(28)8-9-7-14(23(33)34)20(26(39)40)19(11-4-2-6-13(22(31)32)18(11)25(37)38)16(9)10-3-1-5-12(21(29)30)17(10)24(35)36/h1-7,15,27-28H,8H2,(H,29,30)(H,31,32)(H,33,34)(H,35,36)(H,37,38)(H,39,40). The third-order valence-electron chi connectivity index (χ3n) is 5.81. The van der Waals surface area contributed by atoms with Gasteiger partial charge in [0.25, 0.3) is 0 Å². The number of aromatic carboxylic acids is 6. The number of carbonyl (C=O) groups is 6. The second-order valence-electron chi connectivity index (χ2n) is 8.18. The molecule has 0 aliphatic heterocycles. The Morgan fingerprint density at radius 3 is 1.27 bits per heavy atom. The zero-order chi connectivity index (χ0) is 30.0. The van der Waals surface area contributed by atoms with Gasteiger partial charge in [0.1, 0.15) is 0 Å². The van der Waals surface area contributed by atoms with Crippen molar-refractivity contribution in [3.63, 3.8) is 0 Å². The van der Waals surface area contributed by atoms with E-state index in [1.807, 2.05) is 0 Å². The van der Waals surface area contributed by atoms with Crippen molar-refractivity contribution >= 4 is 35.8 Å². The molecule has 14 heteroatoms. The molecule has 8 N–H and O–H groups in total. The summed E-state index contributed by atoms with van der Waals surface area (Å²) in [4.78, 5) is 72.9. The predicted octanol–water partition coefficient (Wildman–Crippen LogP) is 2.06. The fourth-order valence-corrected chi connectivity index (χ4v) is 4.40. The molecule has 0 amide bonds. The lowest BCUT2D eigenvalue weighted by atomic mass is 9.79. The minimum atomic E-state index is -2.23.